The van der Waals surface area contributed by atoms with Crippen LogP contribution in [0.25, 0.3) is 0 Å². The van der Waals surface area contributed by atoms with E-state index in [1.54, 1.807) is 13.4 Å². The lowest BCUT2D eigenvalue weighted by Crippen LogP contribution is -2.39. The van der Waals surface area contributed by atoms with Crippen LogP contribution in [0.15, 0.2) is 4.36 Å². The van der Waals surface area contributed by atoms with Crippen molar-refractivity contribution in [3.63, 3.8) is 0 Å². The molecule has 10 heteroatoms. The Morgan fingerprint density at radius 1 is 1.39 bits per heavy atom. The van der Waals surface area contributed by atoms with Gasteiger partial charge in [-0.2, -0.15) is 8.74 Å². The molecule has 158 valence electrons. The van der Waals surface area contributed by atoms with Gasteiger partial charge in [-0.3, -0.25) is 4.79 Å². The Morgan fingerprint density at radius 2 is 2.11 bits per heavy atom. The van der Waals surface area contributed by atoms with Gasteiger partial charge in [0.25, 0.3) is 5.91 Å². The number of anilines is 1. The highest BCUT2D eigenvalue weighted by molar-refractivity contribution is 7.93. The highest BCUT2D eigenvalue weighted by Crippen LogP contribution is 2.29. The van der Waals surface area contributed by atoms with Crippen molar-refractivity contribution >= 4 is 32.3 Å². The third kappa shape index (κ3) is 5.08. The maximum absolute atomic E-state index is 13.1. The molecule has 2 fully saturated rings. The zero-order valence-corrected chi connectivity index (χ0v) is 18.7. The molecule has 8 nitrogen and oxygen atoms in total. The Balaban J connectivity index is 1.59. The van der Waals surface area contributed by atoms with E-state index in [9.17, 15) is 9.00 Å². The number of ether oxygens (including phenoxy) is 2. The minimum Gasteiger partial charge on any atom is -0.378 e. The molecule has 2 saturated heterocycles. The Bertz CT molecular complexity index is 802. The molecule has 2 aliphatic heterocycles. The van der Waals surface area contributed by atoms with Gasteiger partial charge in [0.15, 0.2) is 5.82 Å². The summed E-state index contributed by atoms with van der Waals surface area (Å²) in [6.07, 6.45) is 5.10. The van der Waals surface area contributed by atoms with E-state index in [0.717, 1.165) is 31.1 Å². The molecule has 0 bridgehead atoms. The normalized spacial score (nSPS) is 23.6. The van der Waals surface area contributed by atoms with Gasteiger partial charge in [0.2, 0.25) is 5.13 Å². The summed E-state index contributed by atoms with van der Waals surface area (Å²) in [4.78, 5) is 19.0. The van der Waals surface area contributed by atoms with E-state index in [1.807, 2.05) is 13.8 Å². The van der Waals surface area contributed by atoms with Crippen molar-refractivity contribution in [2.45, 2.75) is 62.9 Å². The zero-order valence-electron chi connectivity index (χ0n) is 17.0. The van der Waals surface area contributed by atoms with Crippen LogP contribution in [-0.2, 0) is 29.6 Å². The minimum absolute atomic E-state index is 0.0590. The number of carbonyl (C=O) groups is 1. The van der Waals surface area contributed by atoms with Crippen molar-refractivity contribution in [2.75, 3.05) is 38.0 Å². The quantitative estimate of drug-likeness (QED) is 0.684. The first-order valence-electron chi connectivity index (χ1n) is 9.71. The Morgan fingerprint density at radius 3 is 2.71 bits per heavy atom. The molecular weight excluding hydrogens is 400 g/mol. The molecule has 0 radical (unpaired) electrons. The van der Waals surface area contributed by atoms with E-state index in [0.29, 0.717) is 25.3 Å². The van der Waals surface area contributed by atoms with E-state index < -0.39 is 15.3 Å². The molecule has 0 aromatic carbocycles. The van der Waals surface area contributed by atoms with Gasteiger partial charge in [0.05, 0.1) is 22.3 Å². The van der Waals surface area contributed by atoms with Crippen molar-refractivity contribution < 1.29 is 18.5 Å². The standard InChI is InChI=1S/C18H30N4O4S2/c1-18(2,25-3)16-19-17(27-20-16)22-9-7-14(8-10-22)28(4,24)21-15(23)12-13-6-5-11-26-13/h13-14H,5-12H2,1-4H3. The zero-order chi connectivity index (χ0) is 20.4. The summed E-state index contributed by atoms with van der Waals surface area (Å²) in [6.45, 7) is 6.03. The average molecular weight is 431 g/mol. The Kier molecular flexibility index (Phi) is 6.73. The molecule has 1 aromatic rings. The number of hydrogen-bond donors (Lipinski definition) is 0. The molecule has 0 spiro atoms. The SMILES string of the molecule is COC(C)(C)c1nsc(N2CCC(S(C)(=O)=NC(=O)CC3CCCO3)CC2)n1. The maximum atomic E-state index is 13.1. The fraction of sp³-hybridized carbons (Fsp3) is 0.833. The van der Waals surface area contributed by atoms with Crippen LogP contribution >= 0.6 is 11.5 Å². The number of hydrogen-bond acceptors (Lipinski definition) is 8. The van der Waals surface area contributed by atoms with Crippen molar-refractivity contribution in [1.82, 2.24) is 9.36 Å². The van der Waals surface area contributed by atoms with Crippen LogP contribution in [-0.4, -0.2) is 63.9 Å². The minimum atomic E-state index is -2.56. The highest BCUT2D eigenvalue weighted by Gasteiger charge is 2.30. The van der Waals surface area contributed by atoms with E-state index in [1.165, 1.54) is 11.5 Å². The number of rotatable bonds is 6. The third-order valence-electron chi connectivity index (χ3n) is 5.50. The van der Waals surface area contributed by atoms with Crippen LogP contribution in [0.2, 0.25) is 0 Å². The fourth-order valence-electron chi connectivity index (χ4n) is 3.48. The average Bonchev–Trinajstić information content (AvgIpc) is 3.33. The van der Waals surface area contributed by atoms with E-state index in [-0.39, 0.29) is 23.7 Å². The first-order chi connectivity index (χ1) is 13.2. The first-order valence-corrected chi connectivity index (χ1v) is 12.5. The van der Waals surface area contributed by atoms with E-state index in [4.69, 9.17) is 9.47 Å². The second-order valence-electron chi connectivity index (χ2n) is 7.99. The molecule has 2 atom stereocenters. The largest absolute Gasteiger partial charge is 0.378 e. The second-order valence-corrected chi connectivity index (χ2v) is 11.3. The van der Waals surface area contributed by atoms with Crippen LogP contribution in [0.4, 0.5) is 5.13 Å². The molecule has 2 unspecified atom stereocenters. The van der Waals surface area contributed by atoms with Crippen LogP contribution in [0.1, 0.15) is 51.8 Å². The summed E-state index contributed by atoms with van der Waals surface area (Å²) in [5.41, 5.74) is -0.521. The number of amides is 1. The van der Waals surface area contributed by atoms with Gasteiger partial charge in [0, 0.05) is 49.8 Å². The van der Waals surface area contributed by atoms with Gasteiger partial charge in [-0.1, -0.05) is 0 Å². The lowest BCUT2D eigenvalue weighted by molar-refractivity contribution is -0.119. The van der Waals surface area contributed by atoms with Crippen molar-refractivity contribution in [3.05, 3.63) is 5.82 Å². The number of piperidine rings is 1. The van der Waals surface area contributed by atoms with Crippen LogP contribution in [0.5, 0.6) is 0 Å². The molecule has 1 aromatic heterocycles. The molecule has 3 heterocycles. The van der Waals surface area contributed by atoms with Crippen LogP contribution in [0, 0.1) is 0 Å². The molecule has 0 N–H and O–H groups in total. The summed E-state index contributed by atoms with van der Waals surface area (Å²) in [7, 11) is -0.915. The van der Waals surface area contributed by atoms with E-state index in [2.05, 4.69) is 18.6 Å². The van der Waals surface area contributed by atoms with Gasteiger partial charge in [-0.25, -0.2) is 9.19 Å². The number of methoxy groups -OCH3 is 1. The predicted octanol–water partition coefficient (Wildman–Crippen LogP) is 2.58. The molecule has 28 heavy (non-hydrogen) atoms. The molecular formula is C18H30N4O4S2. The van der Waals surface area contributed by atoms with Gasteiger partial charge < -0.3 is 14.4 Å². The first kappa shape index (κ1) is 21.6. The molecule has 0 aliphatic carbocycles. The number of aromatic nitrogens is 2. The van der Waals surface area contributed by atoms with Crippen LogP contribution in [0.3, 0.4) is 0 Å². The lowest BCUT2D eigenvalue weighted by Gasteiger charge is -2.31. The number of carbonyl (C=O) groups excluding carboxylic acids is 1. The monoisotopic (exact) mass is 430 g/mol. The van der Waals surface area contributed by atoms with E-state index >= 15 is 0 Å². The van der Waals surface area contributed by atoms with Gasteiger partial charge >= 0.3 is 0 Å². The summed E-state index contributed by atoms with van der Waals surface area (Å²) in [6, 6.07) is 0. The lowest BCUT2D eigenvalue weighted by atomic mass is 10.1. The van der Waals surface area contributed by atoms with Crippen LogP contribution < -0.4 is 4.90 Å². The highest BCUT2D eigenvalue weighted by atomic mass is 32.2. The van der Waals surface area contributed by atoms with Crippen molar-refractivity contribution in [2.24, 2.45) is 4.36 Å². The Labute approximate surface area is 171 Å². The topological polar surface area (TPSA) is 94.0 Å². The summed E-state index contributed by atoms with van der Waals surface area (Å²) < 4.78 is 32.5. The molecule has 1 amide bonds. The molecule has 0 saturated carbocycles. The molecule has 2 aliphatic rings. The fourth-order valence-corrected chi connectivity index (χ4v) is 6.05. The third-order valence-corrected chi connectivity index (χ3v) is 8.56. The van der Waals surface area contributed by atoms with Crippen molar-refractivity contribution in [3.8, 4) is 0 Å². The summed E-state index contributed by atoms with van der Waals surface area (Å²) >= 11 is 1.36. The van der Waals surface area contributed by atoms with Gasteiger partial charge in [0.1, 0.15) is 5.60 Å². The Hall–Kier alpha value is -1.10. The smallest absolute Gasteiger partial charge is 0.256 e. The van der Waals surface area contributed by atoms with Crippen molar-refractivity contribution in [1.29, 1.82) is 0 Å². The summed E-state index contributed by atoms with van der Waals surface area (Å²) in [5, 5.41) is 0.771. The number of nitrogens with zero attached hydrogens (tertiary/aromatic N) is 4. The summed E-state index contributed by atoms with van der Waals surface area (Å²) in [5.74, 6) is 0.378. The van der Waals surface area contributed by atoms with Gasteiger partial charge in [-0.05, 0) is 39.5 Å². The maximum Gasteiger partial charge on any atom is 0.256 e. The predicted molar refractivity (Wildman–Crippen MR) is 110 cm³/mol. The van der Waals surface area contributed by atoms with Gasteiger partial charge in [-0.15, -0.1) is 0 Å². The molecule has 3 rings (SSSR count). The second kappa shape index (κ2) is 8.73.